The molecule has 44 heavy (non-hydrogen) atoms. The molecule has 7 rings (SSSR count). The molecule has 1 saturated heterocycles. The second kappa shape index (κ2) is 11.5. The van der Waals surface area contributed by atoms with Crippen LogP contribution in [0.5, 0.6) is 5.75 Å². The molecule has 0 amide bonds. The molecule has 1 aliphatic heterocycles. The van der Waals surface area contributed by atoms with Gasteiger partial charge in [-0.15, -0.1) is 0 Å². The van der Waals surface area contributed by atoms with Crippen LogP contribution in [-0.4, -0.2) is 65.3 Å². The highest BCUT2D eigenvalue weighted by Crippen LogP contribution is 2.31. The zero-order chi connectivity index (χ0) is 30.3. The summed E-state index contributed by atoms with van der Waals surface area (Å²) in [5, 5.41) is 0.815. The summed E-state index contributed by atoms with van der Waals surface area (Å²) in [4.78, 5) is 12.0. The van der Waals surface area contributed by atoms with Gasteiger partial charge in [-0.1, -0.05) is 60.2 Å². The molecule has 3 aromatic carbocycles. The average Bonchev–Trinajstić information content (AvgIpc) is 3.42. The number of rotatable bonds is 7. The number of para-hydroxylation sites is 1. The third kappa shape index (κ3) is 5.23. The number of aryl methyl sites for hydroxylation is 1. The van der Waals surface area contributed by atoms with Crippen molar-refractivity contribution in [3.8, 4) is 28.1 Å². The summed E-state index contributed by atoms with van der Waals surface area (Å²) >= 11 is 0. The van der Waals surface area contributed by atoms with Crippen molar-refractivity contribution >= 4 is 26.6 Å². The SMILES string of the molecule is COc1cccc(-c2nc3ccc(-c4cccc(C)c4)cn3c2CN2CCN(S(=O)(=O)c3cccc4cccnc34)CC2)c1. The van der Waals surface area contributed by atoms with Gasteiger partial charge >= 0.3 is 0 Å². The number of fused-ring (bicyclic) bond motifs is 2. The van der Waals surface area contributed by atoms with E-state index in [1.807, 2.05) is 36.4 Å². The van der Waals surface area contributed by atoms with Crippen molar-refractivity contribution in [2.45, 2.75) is 18.4 Å². The largest absolute Gasteiger partial charge is 0.497 e. The fraction of sp³-hybridized carbons (Fsp3) is 0.200. The number of imidazole rings is 1. The van der Waals surface area contributed by atoms with Crippen LogP contribution < -0.4 is 4.74 Å². The lowest BCUT2D eigenvalue weighted by molar-refractivity contribution is 0.180. The molecule has 0 radical (unpaired) electrons. The van der Waals surface area contributed by atoms with Gasteiger partial charge in [0.05, 0.1) is 24.0 Å². The van der Waals surface area contributed by atoms with Crippen molar-refractivity contribution in [3.63, 3.8) is 0 Å². The van der Waals surface area contributed by atoms with Crippen LogP contribution in [0.4, 0.5) is 0 Å². The number of pyridine rings is 2. The fourth-order valence-corrected chi connectivity index (χ4v) is 7.59. The predicted molar refractivity (Wildman–Crippen MR) is 173 cm³/mol. The van der Waals surface area contributed by atoms with Gasteiger partial charge < -0.3 is 9.14 Å². The molecule has 3 aromatic heterocycles. The topological polar surface area (TPSA) is 80.0 Å². The first-order valence-corrected chi connectivity index (χ1v) is 16.1. The molecule has 1 aliphatic rings. The highest BCUT2D eigenvalue weighted by molar-refractivity contribution is 7.89. The van der Waals surface area contributed by atoms with E-state index < -0.39 is 10.0 Å². The summed E-state index contributed by atoms with van der Waals surface area (Å²) in [6.07, 6.45) is 3.80. The van der Waals surface area contributed by atoms with E-state index in [9.17, 15) is 8.42 Å². The zero-order valence-corrected chi connectivity index (χ0v) is 25.5. The van der Waals surface area contributed by atoms with Crippen molar-refractivity contribution in [2.24, 2.45) is 0 Å². The van der Waals surface area contributed by atoms with E-state index in [1.165, 1.54) is 5.56 Å². The number of nitrogens with zero attached hydrogens (tertiary/aromatic N) is 5. The first kappa shape index (κ1) is 28.2. The second-order valence-corrected chi connectivity index (χ2v) is 13.1. The van der Waals surface area contributed by atoms with E-state index >= 15 is 0 Å². The van der Waals surface area contributed by atoms with Crippen LogP contribution >= 0.6 is 0 Å². The molecule has 0 aliphatic carbocycles. The van der Waals surface area contributed by atoms with Crippen LogP contribution in [0.2, 0.25) is 0 Å². The molecular weight excluding hydrogens is 570 g/mol. The van der Waals surface area contributed by atoms with Crippen molar-refractivity contribution < 1.29 is 13.2 Å². The van der Waals surface area contributed by atoms with Gasteiger partial charge in [0.25, 0.3) is 0 Å². The molecule has 0 unspecified atom stereocenters. The molecule has 6 aromatic rings. The number of ether oxygens (including phenoxy) is 1. The van der Waals surface area contributed by atoms with Crippen LogP contribution in [-0.2, 0) is 16.6 Å². The molecule has 222 valence electrons. The molecule has 8 nitrogen and oxygen atoms in total. The van der Waals surface area contributed by atoms with Crippen molar-refractivity contribution in [3.05, 3.63) is 115 Å². The van der Waals surface area contributed by atoms with Crippen molar-refractivity contribution in [1.82, 2.24) is 23.6 Å². The molecule has 4 heterocycles. The van der Waals surface area contributed by atoms with Gasteiger partial charge in [0.2, 0.25) is 10.0 Å². The molecule has 0 bridgehead atoms. The van der Waals surface area contributed by atoms with E-state index in [0.717, 1.165) is 44.9 Å². The highest BCUT2D eigenvalue weighted by atomic mass is 32.2. The van der Waals surface area contributed by atoms with E-state index in [4.69, 9.17) is 9.72 Å². The van der Waals surface area contributed by atoms with Crippen LogP contribution in [0.15, 0.2) is 108 Å². The first-order chi connectivity index (χ1) is 21.4. The minimum absolute atomic E-state index is 0.259. The van der Waals surface area contributed by atoms with E-state index in [0.29, 0.717) is 38.2 Å². The fourth-order valence-electron chi connectivity index (χ4n) is 6.00. The number of sulfonamides is 1. The maximum atomic E-state index is 13.7. The summed E-state index contributed by atoms with van der Waals surface area (Å²) in [5.74, 6) is 0.771. The molecule has 0 spiro atoms. The Bertz CT molecular complexity index is 2090. The lowest BCUT2D eigenvalue weighted by atomic mass is 10.1. The third-order valence-corrected chi connectivity index (χ3v) is 10.3. The molecule has 1 fully saturated rings. The van der Waals surface area contributed by atoms with Crippen LogP contribution in [0.1, 0.15) is 11.3 Å². The van der Waals surface area contributed by atoms with Crippen molar-refractivity contribution in [2.75, 3.05) is 33.3 Å². The molecule has 9 heteroatoms. The maximum absolute atomic E-state index is 13.7. The predicted octanol–water partition coefficient (Wildman–Crippen LogP) is 6.04. The van der Waals surface area contributed by atoms with Gasteiger partial charge in [0.1, 0.15) is 16.3 Å². The van der Waals surface area contributed by atoms with Gasteiger partial charge in [-0.2, -0.15) is 4.31 Å². The Balaban J connectivity index is 1.21. The number of benzene rings is 3. The monoisotopic (exact) mass is 603 g/mol. The Morgan fingerprint density at radius 1 is 0.818 bits per heavy atom. The summed E-state index contributed by atoms with van der Waals surface area (Å²) in [5.41, 5.74) is 7.75. The Morgan fingerprint density at radius 3 is 2.41 bits per heavy atom. The smallest absolute Gasteiger partial charge is 0.245 e. The molecular formula is C35H33N5O3S. The van der Waals surface area contributed by atoms with Gasteiger partial charge in [-0.3, -0.25) is 9.88 Å². The highest BCUT2D eigenvalue weighted by Gasteiger charge is 2.31. The number of piperazine rings is 1. The minimum atomic E-state index is -3.69. The van der Waals surface area contributed by atoms with Crippen LogP contribution in [0, 0.1) is 6.92 Å². The van der Waals surface area contributed by atoms with E-state index in [1.54, 1.807) is 29.7 Å². The van der Waals surface area contributed by atoms with Gasteiger partial charge in [-0.25, -0.2) is 13.4 Å². The Morgan fingerprint density at radius 2 is 1.59 bits per heavy atom. The lowest BCUT2D eigenvalue weighted by Crippen LogP contribution is -2.48. The average molecular weight is 604 g/mol. The van der Waals surface area contributed by atoms with Gasteiger partial charge in [-0.05, 0) is 54.4 Å². The molecule has 0 atom stereocenters. The van der Waals surface area contributed by atoms with Gasteiger partial charge in [0, 0.05) is 56.1 Å². The van der Waals surface area contributed by atoms with Gasteiger partial charge in [0.15, 0.2) is 0 Å². The number of hydrogen-bond acceptors (Lipinski definition) is 6. The zero-order valence-electron chi connectivity index (χ0n) is 24.7. The summed E-state index contributed by atoms with van der Waals surface area (Å²) in [6.45, 7) is 4.70. The Kier molecular flexibility index (Phi) is 7.37. The van der Waals surface area contributed by atoms with E-state index in [2.05, 4.69) is 69.9 Å². The Hall–Kier alpha value is -4.57. The summed E-state index contributed by atoms with van der Waals surface area (Å²) in [7, 11) is -2.03. The van der Waals surface area contributed by atoms with Crippen molar-refractivity contribution in [1.29, 1.82) is 0 Å². The lowest BCUT2D eigenvalue weighted by Gasteiger charge is -2.34. The summed E-state index contributed by atoms with van der Waals surface area (Å²) < 4.78 is 36.8. The normalized spacial score (nSPS) is 14.8. The Labute approximate surface area is 257 Å². The standard InChI is InChI=1S/C35H33N5O3S/c1-25-7-3-9-27(21-25)29-14-15-33-37-34(28-10-4-12-30(22-28)43-2)31(40(33)23-29)24-38-17-19-39(20-18-38)44(41,42)32-13-5-8-26-11-6-16-36-35(26)32/h3-16,21-23H,17-20,24H2,1-2H3. The maximum Gasteiger partial charge on any atom is 0.245 e. The molecule has 0 N–H and O–H groups in total. The minimum Gasteiger partial charge on any atom is -0.497 e. The number of methoxy groups -OCH3 is 1. The van der Waals surface area contributed by atoms with Crippen LogP contribution in [0.25, 0.3) is 38.9 Å². The second-order valence-electron chi connectivity index (χ2n) is 11.2. The van der Waals surface area contributed by atoms with Crippen LogP contribution in [0.3, 0.4) is 0 Å². The number of aromatic nitrogens is 3. The quantitative estimate of drug-likeness (QED) is 0.221. The first-order valence-electron chi connectivity index (χ1n) is 14.7. The third-order valence-electron chi connectivity index (χ3n) is 8.33. The summed E-state index contributed by atoms with van der Waals surface area (Å²) in [6, 6.07) is 29.7. The van der Waals surface area contributed by atoms with E-state index in [-0.39, 0.29) is 4.90 Å². The number of hydrogen-bond donors (Lipinski definition) is 0. The molecule has 0 saturated carbocycles.